The Balaban J connectivity index is 2.03. The van der Waals surface area contributed by atoms with Crippen LogP contribution in [-0.4, -0.2) is 27.2 Å². The lowest BCUT2D eigenvalue weighted by Crippen LogP contribution is -2.33. The van der Waals surface area contributed by atoms with Crippen molar-refractivity contribution in [1.82, 2.24) is 15.1 Å². The molecule has 2 rings (SSSR count). The smallest absolute Gasteiger partial charge is 0.207 e. The molecule has 2 unspecified atom stereocenters. The number of aromatic nitrogens is 2. The van der Waals surface area contributed by atoms with E-state index in [2.05, 4.69) is 28.9 Å². The zero-order valence-electron chi connectivity index (χ0n) is 9.11. The average molecular weight is 246 g/mol. The van der Waals surface area contributed by atoms with E-state index in [4.69, 9.17) is 11.6 Å². The molecular formula is C10H16ClN3S. The third-order valence-corrected chi connectivity index (χ3v) is 4.19. The fourth-order valence-electron chi connectivity index (χ4n) is 2.30. The van der Waals surface area contributed by atoms with Crippen molar-refractivity contribution in [2.75, 3.05) is 0 Å². The number of rotatable bonds is 3. The van der Waals surface area contributed by atoms with E-state index < -0.39 is 0 Å². The maximum absolute atomic E-state index is 5.78. The van der Waals surface area contributed by atoms with Gasteiger partial charge in [0, 0.05) is 12.1 Å². The van der Waals surface area contributed by atoms with Crippen LogP contribution in [0.3, 0.4) is 0 Å². The van der Waals surface area contributed by atoms with Gasteiger partial charge in [0.2, 0.25) is 4.47 Å². The molecule has 1 aliphatic rings. The van der Waals surface area contributed by atoms with Gasteiger partial charge in [0.25, 0.3) is 0 Å². The van der Waals surface area contributed by atoms with Crippen molar-refractivity contribution in [1.29, 1.82) is 0 Å². The van der Waals surface area contributed by atoms with Gasteiger partial charge in [-0.05, 0) is 37.8 Å². The Morgan fingerprint density at radius 3 is 2.87 bits per heavy atom. The minimum Gasteiger partial charge on any atom is -0.291 e. The van der Waals surface area contributed by atoms with Gasteiger partial charge in [-0.25, -0.2) is 0 Å². The van der Waals surface area contributed by atoms with E-state index >= 15 is 0 Å². The lowest BCUT2D eigenvalue weighted by atomic mass is 10.2. The Morgan fingerprint density at radius 1 is 1.47 bits per heavy atom. The molecule has 0 saturated carbocycles. The van der Waals surface area contributed by atoms with E-state index in [-0.39, 0.29) is 0 Å². The molecule has 5 heteroatoms. The molecule has 84 valence electrons. The molecule has 3 nitrogen and oxygen atoms in total. The second-order valence-corrected chi connectivity index (χ2v) is 5.75. The maximum Gasteiger partial charge on any atom is 0.207 e. The second-order valence-electron chi connectivity index (χ2n) is 4.11. The van der Waals surface area contributed by atoms with Crippen molar-refractivity contribution in [3.05, 3.63) is 9.47 Å². The van der Waals surface area contributed by atoms with E-state index in [0.717, 1.165) is 11.6 Å². The summed E-state index contributed by atoms with van der Waals surface area (Å²) in [5, 5.41) is 8.95. The quantitative estimate of drug-likeness (QED) is 0.820. The largest absolute Gasteiger partial charge is 0.291 e. The molecular weight excluding hydrogens is 230 g/mol. The third kappa shape index (κ3) is 2.49. The number of hydrogen-bond acceptors (Lipinski definition) is 4. The van der Waals surface area contributed by atoms with Gasteiger partial charge in [0.1, 0.15) is 5.01 Å². The minimum atomic E-state index is 0.546. The predicted octanol–water partition coefficient (Wildman–Crippen LogP) is 2.95. The molecule has 0 spiro atoms. The number of nitrogens with zero attached hydrogens (tertiary/aromatic N) is 3. The molecule has 1 aliphatic heterocycles. The van der Waals surface area contributed by atoms with Gasteiger partial charge in [-0.1, -0.05) is 18.3 Å². The Labute approximate surface area is 99.5 Å². The van der Waals surface area contributed by atoms with Crippen molar-refractivity contribution >= 4 is 22.9 Å². The van der Waals surface area contributed by atoms with Gasteiger partial charge < -0.3 is 0 Å². The highest BCUT2D eigenvalue weighted by atomic mass is 35.5. The highest BCUT2D eigenvalue weighted by Gasteiger charge is 2.29. The van der Waals surface area contributed by atoms with Crippen LogP contribution >= 0.6 is 22.9 Å². The van der Waals surface area contributed by atoms with Gasteiger partial charge in [-0.15, -0.1) is 10.2 Å². The molecule has 2 heterocycles. The highest BCUT2D eigenvalue weighted by molar-refractivity contribution is 7.15. The monoisotopic (exact) mass is 245 g/mol. The van der Waals surface area contributed by atoms with Crippen LogP contribution in [0.4, 0.5) is 0 Å². The number of halogens is 1. The zero-order chi connectivity index (χ0) is 10.8. The van der Waals surface area contributed by atoms with E-state index in [1.165, 1.54) is 30.6 Å². The lowest BCUT2D eigenvalue weighted by molar-refractivity contribution is 0.189. The van der Waals surface area contributed by atoms with Crippen LogP contribution in [0.15, 0.2) is 0 Å². The molecule has 1 saturated heterocycles. The standard InChI is InChI=1S/C10H16ClN3S/c1-3-8-5-4-7(2)14(8)6-9-12-13-10(11)15-9/h7-8H,3-6H2,1-2H3. The van der Waals surface area contributed by atoms with Crippen LogP contribution in [0, 0.1) is 0 Å². The van der Waals surface area contributed by atoms with E-state index in [1.54, 1.807) is 0 Å². The molecule has 0 N–H and O–H groups in total. The van der Waals surface area contributed by atoms with Gasteiger partial charge in [-0.3, -0.25) is 4.90 Å². The predicted molar refractivity (Wildman–Crippen MR) is 63.2 cm³/mol. The Hall–Kier alpha value is -0.190. The van der Waals surface area contributed by atoms with E-state index in [1.807, 2.05) is 0 Å². The van der Waals surface area contributed by atoms with Crippen LogP contribution in [0.25, 0.3) is 0 Å². The summed E-state index contributed by atoms with van der Waals surface area (Å²) in [6.07, 6.45) is 3.83. The third-order valence-electron chi connectivity index (χ3n) is 3.18. The summed E-state index contributed by atoms with van der Waals surface area (Å²) in [4.78, 5) is 2.52. The topological polar surface area (TPSA) is 29.0 Å². The molecule has 1 aromatic heterocycles. The van der Waals surface area contributed by atoms with Crippen molar-refractivity contribution in [2.24, 2.45) is 0 Å². The van der Waals surface area contributed by atoms with E-state index in [0.29, 0.717) is 16.6 Å². The summed E-state index contributed by atoms with van der Waals surface area (Å²) in [7, 11) is 0. The second kappa shape index (κ2) is 4.76. The van der Waals surface area contributed by atoms with Gasteiger partial charge in [-0.2, -0.15) is 0 Å². The average Bonchev–Trinajstić information content (AvgIpc) is 2.76. The fourth-order valence-corrected chi connectivity index (χ4v) is 3.18. The van der Waals surface area contributed by atoms with Crippen LogP contribution in [-0.2, 0) is 6.54 Å². The first-order valence-corrected chi connectivity index (χ1v) is 6.63. The van der Waals surface area contributed by atoms with Crippen molar-refractivity contribution in [3.8, 4) is 0 Å². The number of hydrogen-bond donors (Lipinski definition) is 0. The van der Waals surface area contributed by atoms with E-state index in [9.17, 15) is 0 Å². The summed E-state index contributed by atoms with van der Waals surface area (Å²) in [5.74, 6) is 0. The van der Waals surface area contributed by atoms with Gasteiger partial charge in [0.15, 0.2) is 0 Å². The van der Waals surface area contributed by atoms with Gasteiger partial charge in [0.05, 0.1) is 6.54 Å². The summed E-state index contributed by atoms with van der Waals surface area (Å²) in [6.45, 7) is 5.45. The summed E-state index contributed by atoms with van der Waals surface area (Å²) in [5.41, 5.74) is 0. The molecule has 0 amide bonds. The Morgan fingerprint density at radius 2 is 2.27 bits per heavy atom. The molecule has 15 heavy (non-hydrogen) atoms. The summed E-state index contributed by atoms with van der Waals surface area (Å²) in [6, 6.07) is 1.38. The molecule has 0 radical (unpaired) electrons. The van der Waals surface area contributed by atoms with Crippen LogP contribution in [0.5, 0.6) is 0 Å². The summed E-state index contributed by atoms with van der Waals surface area (Å²) >= 11 is 7.27. The maximum atomic E-state index is 5.78. The summed E-state index contributed by atoms with van der Waals surface area (Å²) < 4.78 is 0.546. The number of likely N-dealkylation sites (tertiary alicyclic amines) is 1. The molecule has 1 aromatic rings. The molecule has 2 atom stereocenters. The van der Waals surface area contributed by atoms with Crippen molar-refractivity contribution < 1.29 is 0 Å². The lowest BCUT2D eigenvalue weighted by Gasteiger charge is -2.26. The Bertz CT molecular complexity index is 328. The zero-order valence-corrected chi connectivity index (χ0v) is 10.7. The normalized spacial score (nSPS) is 27.4. The van der Waals surface area contributed by atoms with Gasteiger partial charge >= 0.3 is 0 Å². The van der Waals surface area contributed by atoms with Crippen LogP contribution < -0.4 is 0 Å². The first kappa shape index (κ1) is 11.3. The highest BCUT2D eigenvalue weighted by Crippen LogP contribution is 2.28. The molecule has 0 aliphatic carbocycles. The first-order valence-electron chi connectivity index (χ1n) is 5.44. The first-order chi connectivity index (χ1) is 7.20. The van der Waals surface area contributed by atoms with Crippen molar-refractivity contribution in [2.45, 2.75) is 51.7 Å². The minimum absolute atomic E-state index is 0.546. The fraction of sp³-hybridized carbons (Fsp3) is 0.800. The van der Waals surface area contributed by atoms with Crippen LogP contribution in [0.2, 0.25) is 4.47 Å². The molecule has 0 bridgehead atoms. The SMILES string of the molecule is CCC1CCC(C)N1Cc1nnc(Cl)s1. The Kier molecular flexibility index (Phi) is 3.59. The molecule has 1 fully saturated rings. The molecule has 0 aromatic carbocycles. The van der Waals surface area contributed by atoms with Crippen LogP contribution in [0.1, 0.15) is 38.1 Å². The van der Waals surface area contributed by atoms with Crippen molar-refractivity contribution in [3.63, 3.8) is 0 Å².